The second-order valence-electron chi connectivity index (χ2n) is 4.29. The number of carbonyl (C=O) groups is 2. The predicted molar refractivity (Wildman–Crippen MR) is 71.9 cm³/mol. The van der Waals surface area contributed by atoms with Gasteiger partial charge in [0.25, 0.3) is 5.91 Å². The molecule has 2 aromatic rings. The lowest BCUT2D eigenvalue weighted by Gasteiger charge is -2.07. The summed E-state index contributed by atoms with van der Waals surface area (Å²) in [7, 11) is 0. The zero-order chi connectivity index (χ0) is 17.0. The molecule has 1 heterocycles. The van der Waals surface area contributed by atoms with Crippen LogP contribution in [0.15, 0.2) is 34.9 Å². The van der Waals surface area contributed by atoms with Crippen LogP contribution in [0.1, 0.15) is 33.3 Å². The van der Waals surface area contributed by atoms with Gasteiger partial charge in [0.2, 0.25) is 0 Å². The summed E-state index contributed by atoms with van der Waals surface area (Å²) in [6.07, 6.45) is -3.48. The summed E-state index contributed by atoms with van der Waals surface area (Å²) < 4.78 is 46.9. The predicted octanol–water partition coefficient (Wildman–Crippen LogP) is 3.12. The summed E-state index contributed by atoms with van der Waals surface area (Å²) in [6.45, 7) is 1.77. The van der Waals surface area contributed by atoms with E-state index < -0.39 is 23.6 Å². The van der Waals surface area contributed by atoms with Crippen molar-refractivity contribution in [3.05, 3.63) is 47.3 Å². The van der Waals surface area contributed by atoms with Gasteiger partial charge in [-0.05, 0) is 31.2 Å². The molecule has 6 nitrogen and oxygen atoms in total. The van der Waals surface area contributed by atoms with Crippen molar-refractivity contribution >= 4 is 17.9 Å². The van der Waals surface area contributed by atoms with Crippen molar-refractivity contribution < 1.29 is 31.9 Å². The van der Waals surface area contributed by atoms with E-state index >= 15 is 0 Å². The van der Waals surface area contributed by atoms with E-state index in [2.05, 4.69) is 10.3 Å². The van der Waals surface area contributed by atoms with Crippen molar-refractivity contribution in [3.63, 3.8) is 0 Å². The summed E-state index contributed by atoms with van der Waals surface area (Å²) in [5.41, 5.74) is -1.02. The fraction of sp³-hybridized carbons (Fsp3) is 0.214. The number of aromatic nitrogens is 1. The van der Waals surface area contributed by atoms with Crippen molar-refractivity contribution in [1.82, 2.24) is 4.98 Å². The van der Waals surface area contributed by atoms with E-state index in [0.717, 1.165) is 30.5 Å². The molecule has 0 bridgehead atoms. The molecule has 122 valence electrons. The number of alkyl halides is 3. The average Bonchev–Trinajstić information content (AvgIpc) is 2.95. The molecule has 0 saturated carbocycles. The Balaban J connectivity index is 2.06. The number of hydrogen-bond acceptors (Lipinski definition) is 5. The molecule has 1 aromatic carbocycles. The van der Waals surface area contributed by atoms with Gasteiger partial charge in [0.05, 0.1) is 12.2 Å². The number of esters is 1. The van der Waals surface area contributed by atoms with E-state index in [-0.39, 0.29) is 23.9 Å². The van der Waals surface area contributed by atoms with Crippen molar-refractivity contribution in [1.29, 1.82) is 0 Å². The van der Waals surface area contributed by atoms with E-state index in [1.165, 1.54) is 0 Å². The maximum atomic E-state index is 12.4. The summed E-state index contributed by atoms with van der Waals surface area (Å²) in [6, 6.07) is 3.35. The summed E-state index contributed by atoms with van der Waals surface area (Å²) in [5, 5.41) is 2.23. The number of ether oxygens (including phenoxy) is 1. The minimum absolute atomic E-state index is 0.0196. The number of halogens is 3. The smallest absolute Gasteiger partial charge is 0.416 e. The minimum atomic E-state index is -4.48. The molecule has 0 aliphatic carbocycles. The summed E-state index contributed by atoms with van der Waals surface area (Å²) in [4.78, 5) is 27.0. The molecule has 2 rings (SSSR count). The number of rotatable bonds is 4. The van der Waals surface area contributed by atoms with E-state index in [4.69, 9.17) is 9.15 Å². The van der Waals surface area contributed by atoms with Crippen LogP contribution in [0.5, 0.6) is 0 Å². The van der Waals surface area contributed by atoms with E-state index in [9.17, 15) is 22.8 Å². The van der Waals surface area contributed by atoms with Crippen LogP contribution in [-0.2, 0) is 10.9 Å². The highest BCUT2D eigenvalue weighted by Crippen LogP contribution is 2.29. The van der Waals surface area contributed by atoms with Crippen molar-refractivity contribution in [2.75, 3.05) is 11.9 Å². The number of carbonyl (C=O) groups excluding carboxylic acids is 2. The lowest BCUT2D eigenvalue weighted by atomic mass is 10.1. The van der Waals surface area contributed by atoms with Gasteiger partial charge in [-0.15, -0.1) is 0 Å². The molecule has 0 aliphatic rings. The van der Waals surface area contributed by atoms with Gasteiger partial charge in [0.1, 0.15) is 6.26 Å². The molecule has 0 spiro atoms. The SMILES string of the molecule is CCOC(=O)c1coc(NC(=O)c2ccc(C(F)(F)F)cc2)n1. The number of oxazole rings is 1. The Morgan fingerprint density at radius 3 is 2.48 bits per heavy atom. The number of nitrogens with zero attached hydrogens (tertiary/aromatic N) is 1. The van der Waals surface area contributed by atoms with Crippen LogP contribution in [0.25, 0.3) is 0 Å². The molecule has 0 unspecified atom stereocenters. The largest absolute Gasteiger partial charge is 0.461 e. The van der Waals surface area contributed by atoms with Crippen LogP contribution in [0.2, 0.25) is 0 Å². The molecular formula is C14H11F3N2O4. The second kappa shape index (κ2) is 6.51. The standard InChI is InChI=1S/C14H11F3N2O4/c1-2-22-12(21)10-7-23-13(18-10)19-11(20)8-3-5-9(6-4-8)14(15,16)17/h3-7H,2H2,1H3,(H,18,19,20). The van der Waals surface area contributed by atoms with Gasteiger partial charge in [-0.3, -0.25) is 10.1 Å². The summed E-state index contributed by atoms with van der Waals surface area (Å²) in [5.74, 6) is -1.44. The Bertz CT molecular complexity index is 708. The molecule has 23 heavy (non-hydrogen) atoms. The van der Waals surface area contributed by atoms with Crippen LogP contribution in [0.4, 0.5) is 19.2 Å². The number of anilines is 1. The lowest BCUT2D eigenvalue weighted by Crippen LogP contribution is -2.13. The third kappa shape index (κ3) is 4.09. The molecule has 1 aromatic heterocycles. The zero-order valence-corrected chi connectivity index (χ0v) is 11.8. The van der Waals surface area contributed by atoms with Crippen LogP contribution in [0, 0.1) is 0 Å². The van der Waals surface area contributed by atoms with Gasteiger partial charge in [0, 0.05) is 5.56 Å². The van der Waals surface area contributed by atoms with Crippen molar-refractivity contribution in [2.45, 2.75) is 13.1 Å². The van der Waals surface area contributed by atoms with E-state index in [1.807, 2.05) is 0 Å². The maximum Gasteiger partial charge on any atom is 0.416 e. The molecule has 1 amide bonds. The van der Waals surface area contributed by atoms with Crippen LogP contribution < -0.4 is 5.32 Å². The molecule has 0 aliphatic heterocycles. The Kier molecular flexibility index (Phi) is 4.68. The van der Waals surface area contributed by atoms with Crippen molar-refractivity contribution in [2.24, 2.45) is 0 Å². The zero-order valence-electron chi connectivity index (χ0n) is 11.8. The third-order valence-electron chi connectivity index (χ3n) is 2.68. The van der Waals surface area contributed by atoms with Crippen molar-refractivity contribution in [3.8, 4) is 0 Å². The quantitative estimate of drug-likeness (QED) is 0.872. The highest BCUT2D eigenvalue weighted by molar-refractivity contribution is 6.03. The van der Waals surface area contributed by atoms with Gasteiger partial charge < -0.3 is 9.15 Å². The normalized spacial score (nSPS) is 11.1. The summed E-state index contributed by atoms with van der Waals surface area (Å²) >= 11 is 0. The topological polar surface area (TPSA) is 81.4 Å². The van der Waals surface area contributed by atoms with E-state index in [1.54, 1.807) is 6.92 Å². The first-order valence-electron chi connectivity index (χ1n) is 6.42. The highest BCUT2D eigenvalue weighted by Gasteiger charge is 2.30. The molecule has 0 radical (unpaired) electrons. The van der Waals surface area contributed by atoms with Gasteiger partial charge in [-0.2, -0.15) is 18.2 Å². The van der Waals surface area contributed by atoms with E-state index in [0.29, 0.717) is 0 Å². The molecule has 9 heteroatoms. The Hall–Kier alpha value is -2.84. The first kappa shape index (κ1) is 16.5. The van der Waals surface area contributed by atoms with Gasteiger partial charge >= 0.3 is 18.2 Å². The number of amides is 1. The van der Waals surface area contributed by atoms with Gasteiger partial charge in [0.15, 0.2) is 5.69 Å². The van der Waals surface area contributed by atoms with Gasteiger partial charge in [-0.25, -0.2) is 4.79 Å². The fourth-order valence-corrected chi connectivity index (χ4v) is 1.61. The third-order valence-corrected chi connectivity index (χ3v) is 2.68. The Morgan fingerprint density at radius 1 is 1.26 bits per heavy atom. The Morgan fingerprint density at radius 2 is 1.91 bits per heavy atom. The first-order chi connectivity index (χ1) is 10.8. The van der Waals surface area contributed by atoms with Crippen LogP contribution >= 0.6 is 0 Å². The highest BCUT2D eigenvalue weighted by atomic mass is 19.4. The number of hydrogen-bond donors (Lipinski definition) is 1. The fourth-order valence-electron chi connectivity index (χ4n) is 1.61. The molecular weight excluding hydrogens is 317 g/mol. The maximum absolute atomic E-state index is 12.4. The number of benzene rings is 1. The Labute approximate surface area is 128 Å². The van der Waals surface area contributed by atoms with Gasteiger partial charge in [-0.1, -0.05) is 0 Å². The molecule has 1 N–H and O–H groups in total. The first-order valence-corrected chi connectivity index (χ1v) is 6.42. The monoisotopic (exact) mass is 328 g/mol. The molecule has 0 atom stereocenters. The number of nitrogens with one attached hydrogen (secondary N) is 1. The van der Waals surface area contributed by atoms with Crippen LogP contribution in [-0.4, -0.2) is 23.5 Å². The van der Waals surface area contributed by atoms with Crippen LogP contribution in [0.3, 0.4) is 0 Å². The lowest BCUT2D eigenvalue weighted by molar-refractivity contribution is -0.137. The second-order valence-corrected chi connectivity index (χ2v) is 4.29. The minimum Gasteiger partial charge on any atom is -0.461 e. The average molecular weight is 328 g/mol. The molecule has 0 fully saturated rings. The molecule has 0 saturated heterocycles.